The van der Waals surface area contributed by atoms with E-state index in [1.165, 1.54) is 0 Å². The van der Waals surface area contributed by atoms with Crippen molar-refractivity contribution >= 4 is 5.69 Å². The monoisotopic (exact) mass is 500 g/mol. The second kappa shape index (κ2) is 13.8. The SMILES string of the molecule is COCCCOc1ccc([C@H]2[C@H](O)CNC[C@@H]2OCc2ccc3c(c2)N(CCCOC)CCO3)cc1. The van der Waals surface area contributed by atoms with E-state index in [0.717, 1.165) is 60.9 Å². The third-order valence-electron chi connectivity index (χ3n) is 6.76. The van der Waals surface area contributed by atoms with Crippen LogP contribution in [0.5, 0.6) is 11.5 Å². The van der Waals surface area contributed by atoms with Crippen LogP contribution in [0.4, 0.5) is 5.69 Å². The van der Waals surface area contributed by atoms with Crippen LogP contribution in [0.15, 0.2) is 42.5 Å². The highest BCUT2D eigenvalue weighted by molar-refractivity contribution is 5.61. The average Bonchev–Trinajstić information content (AvgIpc) is 2.91. The van der Waals surface area contributed by atoms with Gasteiger partial charge in [-0.1, -0.05) is 18.2 Å². The van der Waals surface area contributed by atoms with Crippen molar-refractivity contribution in [3.05, 3.63) is 53.6 Å². The summed E-state index contributed by atoms with van der Waals surface area (Å²) in [4.78, 5) is 2.36. The Balaban J connectivity index is 1.39. The Bertz CT molecular complexity index is 925. The number of nitrogens with one attached hydrogen (secondary N) is 1. The summed E-state index contributed by atoms with van der Waals surface area (Å²) in [5.74, 6) is 1.63. The molecule has 0 radical (unpaired) electrons. The normalized spacial score (nSPS) is 21.6. The predicted octanol–water partition coefficient (Wildman–Crippen LogP) is 2.97. The molecule has 198 valence electrons. The van der Waals surface area contributed by atoms with Gasteiger partial charge in [-0.2, -0.15) is 0 Å². The molecular formula is C28H40N2O6. The fourth-order valence-corrected chi connectivity index (χ4v) is 4.90. The van der Waals surface area contributed by atoms with E-state index in [-0.39, 0.29) is 12.0 Å². The van der Waals surface area contributed by atoms with E-state index in [2.05, 4.69) is 22.3 Å². The third-order valence-corrected chi connectivity index (χ3v) is 6.76. The first-order valence-corrected chi connectivity index (χ1v) is 12.9. The second-order valence-corrected chi connectivity index (χ2v) is 9.35. The summed E-state index contributed by atoms with van der Waals surface area (Å²) in [6, 6.07) is 14.3. The number of β-amino-alcohol motifs (C(OH)–C–C–N with tert-alkyl or cyclic N) is 1. The molecule has 2 aromatic carbocycles. The van der Waals surface area contributed by atoms with Crippen molar-refractivity contribution in [3.63, 3.8) is 0 Å². The number of benzene rings is 2. The van der Waals surface area contributed by atoms with Gasteiger partial charge in [-0.3, -0.25) is 0 Å². The number of rotatable bonds is 13. The van der Waals surface area contributed by atoms with Crippen LogP contribution in [0.1, 0.15) is 29.9 Å². The Kier molecular flexibility index (Phi) is 10.2. The molecule has 8 heteroatoms. The van der Waals surface area contributed by atoms with Crippen LogP contribution in [0, 0.1) is 0 Å². The van der Waals surface area contributed by atoms with Gasteiger partial charge in [0.25, 0.3) is 0 Å². The molecule has 0 saturated carbocycles. The lowest BCUT2D eigenvalue weighted by Crippen LogP contribution is -2.49. The topological polar surface area (TPSA) is 81.7 Å². The fraction of sp³-hybridized carbons (Fsp3) is 0.571. The number of methoxy groups -OCH3 is 2. The molecule has 2 aliphatic rings. The number of anilines is 1. The molecule has 2 aromatic rings. The van der Waals surface area contributed by atoms with E-state index in [9.17, 15) is 5.11 Å². The summed E-state index contributed by atoms with van der Waals surface area (Å²) >= 11 is 0. The molecule has 1 saturated heterocycles. The minimum absolute atomic E-state index is 0.111. The quantitative estimate of drug-likeness (QED) is 0.407. The van der Waals surface area contributed by atoms with Gasteiger partial charge in [0.2, 0.25) is 0 Å². The van der Waals surface area contributed by atoms with Gasteiger partial charge in [-0.15, -0.1) is 0 Å². The zero-order valence-electron chi connectivity index (χ0n) is 21.5. The lowest BCUT2D eigenvalue weighted by Gasteiger charge is -2.36. The number of aliphatic hydroxyl groups excluding tert-OH is 1. The molecule has 3 atom stereocenters. The van der Waals surface area contributed by atoms with E-state index in [1.807, 2.05) is 30.3 Å². The first-order chi connectivity index (χ1) is 17.7. The number of nitrogens with zero attached hydrogens (tertiary/aromatic N) is 1. The molecule has 0 amide bonds. The van der Waals surface area contributed by atoms with Crippen molar-refractivity contribution in [2.24, 2.45) is 0 Å². The maximum absolute atomic E-state index is 10.8. The Morgan fingerprint density at radius 3 is 2.61 bits per heavy atom. The van der Waals surface area contributed by atoms with E-state index in [0.29, 0.717) is 39.5 Å². The van der Waals surface area contributed by atoms with Crippen molar-refractivity contribution in [2.75, 3.05) is 71.7 Å². The average molecular weight is 501 g/mol. The molecular weight excluding hydrogens is 460 g/mol. The van der Waals surface area contributed by atoms with Gasteiger partial charge < -0.3 is 39.0 Å². The number of ether oxygens (including phenoxy) is 5. The highest BCUT2D eigenvalue weighted by atomic mass is 16.5. The van der Waals surface area contributed by atoms with Crippen LogP contribution in [0.3, 0.4) is 0 Å². The zero-order chi connectivity index (χ0) is 25.2. The Morgan fingerprint density at radius 2 is 1.81 bits per heavy atom. The molecule has 8 nitrogen and oxygen atoms in total. The Labute approximate surface area is 214 Å². The molecule has 36 heavy (non-hydrogen) atoms. The van der Waals surface area contributed by atoms with Crippen molar-refractivity contribution in [2.45, 2.75) is 37.6 Å². The lowest BCUT2D eigenvalue weighted by molar-refractivity contribution is -0.0328. The number of hydrogen-bond donors (Lipinski definition) is 2. The highest BCUT2D eigenvalue weighted by Gasteiger charge is 2.34. The van der Waals surface area contributed by atoms with Crippen molar-refractivity contribution in [3.8, 4) is 11.5 Å². The van der Waals surface area contributed by atoms with Gasteiger partial charge in [0.05, 0.1) is 37.7 Å². The van der Waals surface area contributed by atoms with Crippen LogP contribution in [0.2, 0.25) is 0 Å². The minimum atomic E-state index is -0.523. The van der Waals surface area contributed by atoms with E-state index in [1.54, 1.807) is 14.2 Å². The van der Waals surface area contributed by atoms with Gasteiger partial charge in [-0.05, 0) is 41.8 Å². The fourth-order valence-electron chi connectivity index (χ4n) is 4.90. The van der Waals surface area contributed by atoms with Gasteiger partial charge in [0.1, 0.15) is 18.1 Å². The smallest absolute Gasteiger partial charge is 0.142 e. The standard InChI is InChI=1S/C28H40N2O6/c1-32-13-3-11-30-12-16-35-26-10-5-21(17-24(26)30)20-36-27-19-29-18-25(31)28(27)22-6-8-23(9-7-22)34-15-4-14-33-2/h5-10,17,25,27-29,31H,3-4,11-16,18-20H2,1-2H3/t25-,27+,28+/m1/s1. The lowest BCUT2D eigenvalue weighted by atomic mass is 9.85. The molecule has 0 spiro atoms. The Hall–Kier alpha value is -2.36. The van der Waals surface area contributed by atoms with Crippen molar-refractivity contribution < 1.29 is 28.8 Å². The van der Waals surface area contributed by atoms with Crippen molar-refractivity contribution in [1.29, 1.82) is 0 Å². The molecule has 2 N–H and O–H groups in total. The van der Waals surface area contributed by atoms with E-state index >= 15 is 0 Å². The maximum atomic E-state index is 10.8. The molecule has 0 aromatic heterocycles. The number of hydrogen-bond acceptors (Lipinski definition) is 8. The van der Waals surface area contributed by atoms with E-state index in [4.69, 9.17) is 23.7 Å². The molecule has 0 bridgehead atoms. The van der Waals surface area contributed by atoms with Gasteiger partial charge in [-0.25, -0.2) is 0 Å². The summed E-state index contributed by atoms with van der Waals surface area (Å²) in [5.41, 5.74) is 3.26. The van der Waals surface area contributed by atoms with Crippen molar-refractivity contribution in [1.82, 2.24) is 5.32 Å². The van der Waals surface area contributed by atoms with Gasteiger partial charge in [0.15, 0.2) is 0 Å². The van der Waals surface area contributed by atoms with E-state index < -0.39 is 6.10 Å². The first-order valence-electron chi connectivity index (χ1n) is 12.9. The minimum Gasteiger partial charge on any atom is -0.494 e. The van der Waals surface area contributed by atoms with Crippen LogP contribution in [-0.4, -0.2) is 84.1 Å². The molecule has 4 rings (SSSR count). The molecule has 1 fully saturated rings. The largest absolute Gasteiger partial charge is 0.494 e. The summed E-state index contributed by atoms with van der Waals surface area (Å²) in [6.45, 7) is 6.24. The summed E-state index contributed by atoms with van der Waals surface area (Å²) in [5, 5.41) is 14.1. The second-order valence-electron chi connectivity index (χ2n) is 9.35. The molecule has 2 heterocycles. The summed E-state index contributed by atoms with van der Waals surface area (Å²) < 4.78 is 28.4. The van der Waals surface area contributed by atoms with Crippen LogP contribution in [0.25, 0.3) is 0 Å². The molecule has 0 unspecified atom stereocenters. The van der Waals surface area contributed by atoms with Crippen LogP contribution >= 0.6 is 0 Å². The van der Waals surface area contributed by atoms with Gasteiger partial charge >= 0.3 is 0 Å². The predicted molar refractivity (Wildman–Crippen MR) is 139 cm³/mol. The summed E-state index contributed by atoms with van der Waals surface area (Å²) in [7, 11) is 3.43. The Morgan fingerprint density at radius 1 is 1.00 bits per heavy atom. The van der Waals surface area contributed by atoms with Crippen LogP contribution < -0.4 is 19.7 Å². The number of fused-ring (bicyclic) bond motifs is 1. The summed E-state index contributed by atoms with van der Waals surface area (Å²) in [6.07, 6.45) is 1.15. The highest BCUT2D eigenvalue weighted by Crippen LogP contribution is 2.34. The molecule has 0 aliphatic carbocycles. The first kappa shape index (κ1) is 26.7. The maximum Gasteiger partial charge on any atom is 0.142 e. The number of aliphatic hydroxyl groups is 1. The zero-order valence-corrected chi connectivity index (χ0v) is 21.5. The number of piperidine rings is 1. The van der Waals surface area contributed by atoms with Crippen LogP contribution in [-0.2, 0) is 20.8 Å². The third kappa shape index (κ3) is 7.11. The van der Waals surface area contributed by atoms with Gasteiger partial charge in [0, 0.05) is 59.4 Å². The molecule has 2 aliphatic heterocycles.